The van der Waals surface area contributed by atoms with Crippen LogP contribution in [0.4, 0.5) is 0 Å². The van der Waals surface area contributed by atoms with Crippen LogP contribution in [0, 0.1) is 0 Å². The van der Waals surface area contributed by atoms with Gasteiger partial charge in [-0.25, -0.2) is 0 Å². The van der Waals surface area contributed by atoms with Crippen molar-refractivity contribution in [2.75, 3.05) is 26.0 Å². The Morgan fingerprint density at radius 1 is 1.26 bits per heavy atom. The number of aliphatic hydroxyl groups excluding tert-OH is 1. The summed E-state index contributed by atoms with van der Waals surface area (Å²) in [6.07, 6.45) is 2.65. The van der Waals surface area contributed by atoms with E-state index in [1.807, 2.05) is 23.9 Å². The molecule has 0 aliphatic carbocycles. The lowest BCUT2D eigenvalue weighted by Crippen LogP contribution is -2.34. The minimum absolute atomic E-state index is 0.326. The number of ether oxygens (including phenoxy) is 1. The van der Waals surface area contributed by atoms with E-state index in [-0.39, 0.29) is 0 Å². The second kappa shape index (κ2) is 9.23. The minimum atomic E-state index is -0.472. The number of benzene rings is 1. The fraction of sp³-hybridized carbons (Fsp3) is 0.600. The summed E-state index contributed by atoms with van der Waals surface area (Å²) in [5.74, 6) is 0.814. The Morgan fingerprint density at radius 3 is 2.53 bits per heavy atom. The maximum atomic E-state index is 9.80. The summed E-state index contributed by atoms with van der Waals surface area (Å²) in [6.45, 7) is 6.09. The second-order valence-electron chi connectivity index (χ2n) is 4.67. The van der Waals surface area contributed by atoms with Crippen LogP contribution in [0.3, 0.4) is 0 Å². The minimum Gasteiger partial charge on any atom is -0.491 e. The van der Waals surface area contributed by atoms with Crippen molar-refractivity contribution in [3.05, 3.63) is 29.8 Å². The highest BCUT2D eigenvalue weighted by Gasteiger charge is 2.06. The third-order valence-corrected chi connectivity index (χ3v) is 3.96. The van der Waals surface area contributed by atoms with Gasteiger partial charge >= 0.3 is 0 Å². The Kier molecular flexibility index (Phi) is 7.94. The van der Waals surface area contributed by atoms with Crippen molar-refractivity contribution in [2.24, 2.45) is 0 Å². The van der Waals surface area contributed by atoms with E-state index in [1.54, 1.807) is 0 Å². The van der Waals surface area contributed by atoms with E-state index in [1.165, 1.54) is 5.56 Å². The summed E-state index contributed by atoms with van der Waals surface area (Å²) in [6, 6.07) is 8.02. The van der Waals surface area contributed by atoms with Gasteiger partial charge in [-0.2, -0.15) is 11.8 Å². The molecule has 108 valence electrons. The highest BCUT2D eigenvalue weighted by molar-refractivity contribution is 7.99. The van der Waals surface area contributed by atoms with Gasteiger partial charge in [0, 0.05) is 18.3 Å². The van der Waals surface area contributed by atoms with E-state index in [2.05, 4.69) is 37.6 Å². The van der Waals surface area contributed by atoms with Gasteiger partial charge in [0.2, 0.25) is 0 Å². The first-order valence-electron chi connectivity index (χ1n) is 6.79. The summed E-state index contributed by atoms with van der Waals surface area (Å²) in [4.78, 5) is 0. The van der Waals surface area contributed by atoms with Gasteiger partial charge in [0.15, 0.2) is 0 Å². The predicted molar refractivity (Wildman–Crippen MR) is 83.2 cm³/mol. The molecule has 19 heavy (non-hydrogen) atoms. The van der Waals surface area contributed by atoms with Crippen LogP contribution in [-0.4, -0.2) is 42.4 Å². The molecule has 0 aliphatic rings. The number of nitrogens with one attached hydrogen (secondary N) is 1. The lowest BCUT2D eigenvalue weighted by Gasteiger charge is -2.15. The average Bonchev–Trinajstić information content (AvgIpc) is 2.45. The molecule has 2 atom stereocenters. The number of aliphatic hydroxyl groups is 1. The molecule has 0 spiro atoms. The van der Waals surface area contributed by atoms with Crippen molar-refractivity contribution in [3.8, 4) is 5.75 Å². The van der Waals surface area contributed by atoms with Gasteiger partial charge in [0.25, 0.3) is 0 Å². The number of rotatable bonds is 9. The van der Waals surface area contributed by atoms with Gasteiger partial charge in [0.1, 0.15) is 18.5 Å². The Labute approximate surface area is 120 Å². The maximum absolute atomic E-state index is 9.80. The SMILES string of the molecule is CCc1ccc(OCC(O)CNCC(C)SC)cc1. The quantitative estimate of drug-likeness (QED) is 0.730. The van der Waals surface area contributed by atoms with Crippen molar-refractivity contribution in [2.45, 2.75) is 31.6 Å². The second-order valence-corrected chi connectivity index (χ2v) is 5.94. The van der Waals surface area contributed by atoms with Gasteiger partial charge in [-0.05, 0) is 30.4 Å². The van der Waals surface area contributed by atoms with Gasteiger partial charge in [0.05, 0.1) is 0 Å². The van der Waals surface area contributed by atoms with Gasteiger partial charge < -0.3 is 15.2 Å². The Bertz CT molecular complexity index is 343. The third kappa shape index (κ3) is 6.85. The first-order valence-corrected chi connectivity index (χ1v) is 8.07. The fourth-order valence-corrected chi connectivity index (χ4v) is 1.89. The predicted octanol–water partition coefficient (Wildman–Crippen LogP) is 2.33. The van der Waals surface area contributed by atoms with Crippen molar-refractivity contribution in [3.63, 3.8) is 0 Å². The van der Waals surface area contributed by atoms with Crippen LogP contribution in [0.2, 0.25) is 0 Å². The van der Waals surface area contributed by atoms with Crippen LogP contribution in [0.1, 0.15) is 19.4 Å². The summed E-state index contributed by atoms with van der Waals surface area (Å²) in [7, 11) is 0. The van der Waals surface area contributed by atoms with Gasteiger partial charge in [-0.3, -0.25) is 0 Å². The summed E-state index contributed by atoms with van der Waals surface area (Å²) in [5, 5.41) is 13.6. The van der Waals surface area contributed by atoms with E-state index in [4.69, 9.17) is 4.74 Å². The number of aryl methyl sites for hydroxylation is 1. The van der Waals surface area contributed by atoms with Crippen LogP contribution in [0.25, 0.3) is 0 Å². The molecule has 4 heteroatoms. The van der Waals surface area contributed by atoms with Gasteiger partial charge in [-0.1, -0.05) is 26.0 Å². The Morgan fingerprint density at radius 2 is 1.95 bits per heavy atom. The molecule has 0 aliphatic heterocycles. The summed E-state index contributed by atoms with van der Waals surface area (Å²) < 4.78 is 5.56. The first kappa shape index (κ1) is 16.3. The number of hydrogen-bond acceptors (Lipinski definition) is 4. The zero-order valence-electron chi connectivity index (χ0n) is 12.1. The van der Waals surface area contributed by atoms with Crippen LogP contribution < -0.4 is 10.1 Å². The molecule has 0 radical (unpaired) electrons. The van der Waals surface area contributed by atoms with E-state index >= 15 is 0 Å². The molecule has 0 amide bonds. The average molecular weight is 283 g/mol. The summed E-state index contributed by atoms with van der Waals surface area (Å²) >= 11 is 1.81. The normalized spacial score (nSPS) is 14.1. The van der Waals surface area contributed by atoms with Crippen molar-refractivity contribution >= 4 is 11.8 Å². The van der Waals surface area contributed by atoms with E-state index in [0.29, 0.717) is 18.4 Å². The van der Waals surface area contributed by atoms with Crippen molar-refractivity contribution < 1.29 is 9.84 Å². The maximum Gasteiger partial charge on any atom is 0.119 e. The number of hydrogen-bond donors (Lipinski definition) is 2. The molecule has 0 bridgehead atoms. The molecule has 1 aromatic carbocycles. The smallest absolute Gasteiger partial charge is 0.119 e. The molecule has 0 aromatic heterocycles. The number of thioether (sulfide) groups is 1. The van der Waals surface area contributed by atoms with Crippen LogP contribution >= 0.6 is 11.8 Å². The molecular weight excluding hydrogens is 258 g/mol. The van der Waals surface area contributed by atoms with Crippen LogP contribution in [-0.2, 0) is 6.42 Å². The first-order chi connectivity index (χ1) is 9.15. The topological polar surface area (TPSA) is 41.5 Å². The fourth-order valence-electron chi connectivity index (χ4n) is 1.61. The molecule has 1 aromatic rings. The van der Waals surface area contributed by atoms with Crippen molar-refractivity contribution in [1.29, 1.82) is 0 Å². The molecule has 0 saturated heterocycles. The molecule has 0 heterocycles. The zero-order valence-corrected chi connectivity index (χ0v) is 12.9. The molecule has 2 N–H and O–H groups in total. The third-order valence-electron chi connectivity index (χ3n) is 2.99. The van der Waals surface area contributed by atoms with E-state index in [9.17, 15) is 5.11 Å². The molecule has 2 unspecified atom stereocenters. The highest BCUT2D eigenvalue weighted by atomic mass is 32.2. The van der Waals surface area contributed by atoms with E-state index < -0.39 is 6.10 Å². The summed E-state index contributed by atoms with van der Waals surface area (Å²) in [5.41, 5.74) is 1.29. The Hall–Kier alpha value is -0.710. The monoisotopic (exact) mass is 283 g/mol. The molecule has 3 nitrogen and oxygen atoms in total. The van der Waals surface area contributed by atoms with Crippen LogP contribution in [0.15, 0.2) is 24.3 Å². The highest BCUT2D eigenvalue weighted by Crippen LogP contribution is 2.12. The Balaban J connectivity index is 2.20. The molecular formula is C15H25NO2S. The van der Waals surface area contributed by atoms with E-state index in [0.717, 1.165) is 18.7 Å². The van der Waals surface area contributed by atoms with Crippen LogP contribution in [0.5, 0.6) is 5.75 Å². The molecule has 1 rings (SSSR count). The van der Waals surface area contributed by atoms with Gasteiger partial charge in [-0.15, -0.1) is 0 Å². The molecule has 0 fully saturated rings. The molecule has 0 saturated carbocycles. The largest absolute Gasteiger partial charge is 0.491 e. The lowest BCUT2D eigenvalue weighted by atomic mass is 10.2. The lowest BCUT2D eigenvalue weighted by molar-refractivity contribution is 0.106. The zero-order chi connectivity index (χ0) is 14.1. The van der Waals surface area contributed by atoms with Crippen molar-refractivity contribution in [1.82, 2.24) is 5.32 Å². The standard InChI is InChI=1S/C15H25NO2S/c1-4-13-5-7-15(8-6-13)18-11-14(17)10-16-9-12(2)19-3/h5-8,12,14,16-17H,4,9-11H2,1-3H3.